The van der Waals surface area contributed by atoms with Gasteiger partial charge in [0, 0.05) is 5.92 Å². The van der Waals surface area contributed by atoms with Gasteiger partial charge < -0.3 is 9.47 Å². The first-order valence-electron chi connectivity index (χ1n) is 5.68. The van der Waals surface area contributed by atoms with Crippen molar-refractivity contribution < 1.29 is 9.47 Å². The Morgan fingerprint density at radius 1 is 1.25 bits per heavy atom. The molecule has 1 unspecified atom stereocenters. The fourth-order valence-electron chi connectivity index (χ4n) is 1.58. The zero-order valence-electron chi connectivity index (χ0n) is 9.98. The maximum Gasteiger partial charge on any atom is 0.161 e. The number of ether oxygens (including phenoxy) is 2. The molecule has 16 heavy (non-hydrogen) atoms. The van der Waals surface area contributed by atoms with E-state index in [1.807, 2.05) is 24.3 Å². The Bertz CT molecular complexity index is 302. The quantitative estimate of drug-likeness (QED) is 0.736. The van der Waals surface area contributed by atoms with Gasteiger partial charge >= 0.3 is 0 Å². The molecule has 0 fully saturated rings. The molecule has 0 aliphatic rings. The maximum atomic E-state index is 5.76. The maximum absolute atomic E-state index is 5.76. The van der Waals surface area contributed by atoms with Crippen molar-refractivity contribution in [1.29, 1.82) is 0 Å². The van der Waals surface area contributed by atoms with E-state index in [0.717, 1.165) is 23.7 Å². The summed E-state index contributed by atoms with van der Waals surface area (Å²) in [7, 11) is 1.66. The summed E-state index contributed by atoms with van der Waals surface area (Å²) in [5.74, 6) is 2.98. The molecule has 0 spiro atoms. The number of methoxy groups -OCH3 is 1. The van der Waals surface area contributed by atoms with Gasteiger partial charge in [-0.25, -0.2) is 0 Å². The molecule has 0 N–H and O–H groups in total. The Hall–Kier alpha value is -0.830. The third-order valence-electron chi connectivity index (χ3n) is 2.50. The van der Waals surface area contributed by atoms with Crippen LogP contribution in [0.3, 0.4) is 0 Å². The molecule has 1 aromatic rings. The van der Waals surface area contributed by atoms with Gasteiger partial charge in [-0.2, -0.15) is 12.6 Å². The van der Waals surface area contributed by atoms with Crippen LogP contribution in [0.1, 0.15) is 19.8 Å². The molecule has 1 rings (SSSR count). The SMILES string of the molecule is CCCC(CS)COc1ccccc1OC. The minimum absolute atomic E-state index is 0.512. The van der Waals surface area contributed by atoms with Crippen LogP contribution in [-0.2, 0) is 0 Å². The fraction of sp³-hybridized carbons (Fsp3) is 0.538. The third kappa shape index (κ3) is 3.97. The summed E-state index contributed by atoms with van der Waals surface area (Å²) >= 11 is 4.33. The normalized spacial score (nSPS) is 12.2. The lowest BCUT2D eigenvalue weighted by molar-refractivity contribution is 0.243. The van der Waals surface area contributed by atoms with E-state index in [9.17, 15) is 0 Å². The predicted octanol–water partition coefficient (Wildman–Crippen LogP) is 3.42. The van der Waals surface area contributed by atoms with Gasteiger partial charge in [-0.05, 0) is 24.3 Å². The molecule has 0 radical (unpaired) electrons. The van der Waals surface area contributed by atoms with Crippen LogP contribution in [0.5, 0.6) is 11.5 Å². The van der Waals surface area contributed by atoms with Crippen molar-refractivity contribution in [3.05, 3.63) is 24.3 Å². The molecule has 1 aromatic carbocycles. The highest BCUT2D eigenvalue weighted by atomic mass is 32.1. The molecule has 3 heteroatoms. The number of thiol groups is 1. The summed E-state index contributed by atoms with van der Waals surface area (Å²) in [4.78, 5) is 0. The van der Waals surface area contributed by atoms with E-state index in [0.29, 0.717) is 12.5 Å². The van der Waals surface area contributed by atoms with Crippen molar-refractivity contribution >= 4 is 12.6 Å². The second kappa shape index (κ2) is 7.44. The molecule has 0 saturated carbocycles. The van der Waals surface area contributed by atoms with E-state index < -0.39 is 0 Å². The molecule has 0 heterocycles. The summed E-state index contributed by atoms with van der Waals surface area (Å²) < 4.78 is 11.0. The van der Waals surface area contributed by atoms with Gasteiger partial charge in [-0.1, -0.05) is 25.5 Å². The van der Waals surface area contributed by atoms with Crippen molar-refractivity contribution in [3.8, 4) is 11.5 Å². The Balaban J connectivity index is 2.52. The van der Waals surface area contributed by atoms with Gasteiger partial charge in [0.25, 0.3) is 0 Å². The van der Waals surface area contributed by atoms with Crippen LogP contribution < -0.4 is 9.47 Å². The van der Waals surface area contributed by atoms with Crippen LogP contribution in [0.4, 0.5) is 0 Å². The Labute approximate surface area is 103 Å². The van der Waals surface area contributed by atoms with Crippen LogP contribution >= 0.6 is 12.6 Å². The van der Waals surface area contributed by atoms with Crippen LogP contribution in [0, 0.1) is 5.92 Å². The lowest BCUT2D eigenvalue weighted by atomic mass is 10.1. The highest BCUT2D eigenvalue weighted by Crippen LogP contribution is 2.26. The summed E-state index contributed by atoms with van der Waals surface area (Å²) in [5, 5.41) is 0. The summed E-state index contributed by atoms with van der Waals surface area (Å²) in [6.45, 7) is 2.89. The number of para-hydroxylation sites is 2. The van der Waals surface area contributed by atoms with Gasteiger partial charge in [0.15, 0.2) is 11.5 Å². The Morgan fingerprint density at radius 2 is 1.94 bits per heavy atom. The van der Waals surface area contributed by atoms with Gasteiger partial charge in [0.1, 0.15) is 0 Å². The van der Waals surface area contributed by atoms with Crippen LogP contribution in [0.15, 0.2) is 24.3 Å². The van der Waals surface area contributed by atoms with Gasteiger partial charge in [-0.15, -0.1) is 0 Å². The number of hydrogen-bond acceptors (Lipinski definition) is 3. The zero-order valence-corrected chi connectivity index (χ0v) is 10.9. The lowest BCUT2D eigenvalue weighted by Gasteiger charge is -2.16. The fourth-order valence-corrected chi connectivity index (χ4v) is 1.87. The molecule has 0 aliphatic carbocycles. The summed E-state index contributed by atoms with van der Waals surface area (Å²) in [5.41, 5.74) is 0. The lowest BCUT2D eigenvalue weighted by Crippen LogP contribution is -2.13. The molecule has 1 atom stereocenters. The molecule has 0 saturated heterocycles. The van der Waals surface area contributed by atoms with Crippen molar-refractivity contribution in [1.82, 2.24) is 0 Å². The van der Waals surface area contributed by atoms with Crippen LogP contribution in [0.25, 0.3) is 0 Å². The minimum atomic E-state index is 0.512. The summed E-state index contributed by atoms with van der Waals surface area (Å²) in [6, 6.07) is 7.73. The molecule has 0 aromatic heterocycles. The Kier molecular flexibility index (Phi) is 6.16. The van der Waals surface area contributed by atoms with E-state index >= 15 is 0 Å². The molecule has 0 aliphatic heterocycles. The molecule has 90 valence electrons. The molecule has 0 bridgehead atoms. The first-order chi connectivity index (χ1) is 7.81. The van der Waals surface area contributed by atoms with E-state index in [2.05, 4.69) is 19.6 Å². The standard InChI is InChI=1S/C13H20O2S/c1-3-6-11(10-16)9-15-13-8-5-4-7-12(13)14-2/h4-5,7-8,11,16H,3,6,9-10H2,1-2H3. The smallest absolute Gasteiger partial charge is 0.161 e. The van der Waals surface area contributed by atoms with Gasteiger partial charge in [-0.3, -0.25) is 0 Å². The topological polar surface area (TPSA) is 18.5 Å². The molecular weight excluding hydrogens is 220 g/mol. The van der Waals surface area contributed by atoms with Crippen molar-refractivity contribution in [3.63, 3.8) is 0 Å². The average molecular weight is 240 g/mol. The number of hydrogen-bond donors (Lipinski definition) is 1. The van der Waals surface area contributed by atoms with Gasteiger partial charge in [0.2, 0.25) is 0 Å². The second-order valence-corrected chi connectivity index (χ2v) is 4.16. The number of benzene rings is 1. The van der Waals surface area contributed by atoms with Crippen molar-refractivity contribution in [2.24, 2.45) is 5.92 Å². The van der Waals surface area contributed by atoms with E-state index in [4.69, 9.17) is 9.47 Å². The highest BCUT2D eigenvalue weighted by molar-refractivity contribution is 7.80. The van der Waals surface area contributed by atoms with E-state index in [1.165, 1.54) is 6.42 Å². The largest absolute Gasteiger partial charge is 0.493 e. The first-order valence-corrected chi connectivity index (χ1v) is 6.31. The van der Waals surface area contributed by atoms with Crippen LogP contribution in [-0.4, -0.2) is 19.5 Å². The summed E-state index contributed by atoms with van der Waals surface area (Å²) in [6.07, 6.45) is 2.32. The monoisotopic (exact) mass is 240 g/mol. The van der Waals surface area contributed by atoms with Crippen molar-refractivity contribution in [2.75, 3.05) is 19.5 Å². The average Bonchev–Trinajstić information content (AvgIpc) is 2.34. The van der Waals surface area contributed by atoms with Crippen LogP contribution in [0.2, 0.25) is 0 Å². The predicted molar refractivity (Wildman–Crippen MR) is 70.7 cm³/mol. The second-order valence-electron chi connectivity index (χ2n) is 3.80. The molecule has 0 amide bonds. The zero-order chi connectivity index (χ0) is 11.8. The third-order valence-corrected chi connectivity index (χ3v) is 3.02. The van der Waals surface area contributed by atoms with E-state index in [1.54, 1.807) is 7.11 Å². The molecule has 2 nitrogen and oxygen atoms in total. The van der Waals surface area contributed by atoms with E-state index in [-0.39, 0.29) is 0 Å². The number of rotatable bonds is 7. The van der Waals surface area contributed by atoms with Gasteiger partial charge in [0.05, 0.1) is 13.7 Å². The highest BCUT2D eigenvalue weighted by Gasteiger charge is 2.08. The molecular formula is C13H20O2S. The minimum Gasteiger partial charge on any atom is -0.493 e. The van der Waals surface area contributed by atoms with Crippen molar-refractivity contribution in [2.45, 2.75) is 19.8 Å². The first kappa shape index (κ1) is 13.2. The Morgan fingerprint density at radius 3 is 2.50 bits per heavy atom.